The molecule has 1 aliphatic heterocycles. The third-order valence-corrected chi connectivity index (χ3v) is 7.46. The molecule has 2 aromatic rings. The van der Waals surface area contributed by atoms with E-state index in [1.54, 1.807) is 19.2 Å². The lowest BCUT2D eigenvalue weighted by Gasteiger charge is -2.23. The van der Waals surface area contributed by atoms with Gasteiger partial charge in [-0.3, -0.25) is 9.79 Å². The van der Waals surface area contributed by atoms with Crippen LogP contribution in [0.15, 0.2) is 51.9 Å². The number of anilines is 1. The molecule has 7 nitrogen and oxygen atoms in total. The number of hydrogen-bond acceptors (Lipinski definition) is 5. The predicted molar refractivity (Wildman–Crippen MR) is 157 cm³/mol. The van der Waals surface area contributed by atoms with Crippen molar-refractivity contribution in [2.45, 2.75) is 48.0 Å². The molecule has 39 heavy (non-hydrogen) atoms. The van der Waals surface area contributed by atoms with Crippen LogP contribution in [-0.4, -0.2) is 37.1 Å². The molecule has 0 radical (unpaired) electrons. The van der Waals surface area contributed by atoms with Crippen LogP contribution in [0, 0.1) is 19.3 Å². The van der Waals surface area contributed by atoms with Crippen LogP contribution in [0.2, 0.25) is 0 Å². The summed E-state index contributed by atoms with van der Waals surface area (Å²) in [5.41, 5.74) is 5.92. The summed E-state index contributed by atoms with van der Waals surface area (Å²) in [6, 6.07) is 12.8. The number of carboxylic acids is 1. The van der Waals surface area contributed by atoms with Crippen LogP contribution in [0.25, 0.3) is 33.4 Å². The van der Waals surface area contributed by atoms with Gasteiger partial charge in [-0.1, -0.05) is 26.8 Å². The van der Waals surface area contributed by atoms with Gasteiger partial charge in [-0.25, -0.2) is 4.79 Å². The molecule has 1 aliphatic carbocycles. The molecule has 0 unspecified atom stereocenters. The van der Waals surface area contributed by atoms with Crippen molar-refractivity contribution in [3.8, 4) is 22.5 Å². The van der Waals surface area contributed by atoms with Crippen molar-refractivity contribution in [2.75, 3.05) is 25.5 Å². The molecule has 7 heteroatoms. The van der Waals surface area contributed by atoms with Gasteiger partial charge < -0.3 is 20.2 Å². The van der Waals surface area contributed by atoms with E-state index in [2.05, 4.69) is 36.4 Å². The number of benzene rings is 3. The Hall–Kier alpha value is -4.13. The van der Waals surface area contributed by atoms with Crippen LogP contribution in [0.1, 0.15) is 66.0 Å². The van der Waals surface area contributed by atoms with Crippen molar-refractivity contribution in [2.24, 2.45) is 10.4 Å². The number of fused-ring (bicyclic) bond motifs is 2. The summed E-state index contributed by atoms with van der Waals surface area (Å²) in [6.45, 7) is 13.5. The first-order chi connectivity index (χ1) is 18.5. The highest BCUT2D eigenvalue weighted by Crippen LogP contribution is 2.43. The Kier molecular flexibility index (Phi) is 7.82. The minimum Gasteiger partial charge on any atom is -0.478 e. The summed E-state index contributed by atoms with van der Waals surface area (Å²) in [6.07, 6.45) is 0.910. The lowest BCUT2D eigenvalue weighted by molar-refractivity contribution is 0.0697. The quantitative estimate of drug-likeness (QED) is 0.223. The van der Waals surface area contributed by atoms with E-state index in [0.717, 1.165) is 51.7 Å². The van der Waals surface area contributed by atoms with E-state index < -0.39 is 5.97 Å². The number of amides is 1. The molecule has 1 amide bonds. The zero-order valence-corrected chi connectivity index (χ0v) is 23.8. The Bertz CT molecular complexity index is 1610. The highest BCUT2D eigenvalue weighted by atomic mass is 16.4. The second kappa shape index (κ2) is 10.9. The van der Waals surface area contributed by atoms with Crippen molar-refractivity contribution in [1.29, 1.82) is 0 Å². The molecule has 2 aromatic carbocycles. The van der Waals surface area contributed by atoms with Crippen molar-refractivity contribution in [3.05, 3.63) is 70.1 Å². The van der Waals surface area contributed by atoms with E-state index >= 15 is 0 Å². The third kappa shape index (κ3) is 5.53. The maximum Gasteiger partial charge on any atom is 0.336 e. The summed E-state index contributed by atoms with van der Waals surface area (Å²) in [7, 11) is 1.73. The van der Waals surface area contributed by atoms with E-state index in [4.69, 9.17) is 4.42 Å². The minimum atomic E-state index is -1.10. The number of rotatable bonds is 8. The van der Waals surface area contributed by atoms with Gasteiger partial charge >= 0.3 is 5.97 Å². The number of nitrogens with one attached hydrogen (secondary N) is 2. The van der Waals surface area contributed by atoms with Gasteiger partial charge in [-0.15, -0.1) is 0 Å². The van der Waals surface area contributed by atoms with Crippen LogP contribution in [0.3, 0.4) is 0 Å². The lowest BCUT2D eigenvalue weighted by Crippen LogP contribution is -2.33. The topological polar surface area (TPSA) is 104 Å². The summed E-state index contributed by atoms with van der Waals surface area (Å²) in [5.74, 6) is -0.789. The Labute approximate surface area is 229 Å². The molecule has 0 spiro atoms. The first kappa shape index (κ1) is 27.9. The number of hydrogen-bond donors (Lipinski definition) is 3. The number of nitrogens with zero attached hydrogens (tertiary/aromatic N) is 1. The van der Waals surface area contributed by atoms with Crippen LogP contribution in [0.5, 0.6) is 0 Å². The number of carboxylic acid groups (broad SMARTS) is 1. The largest absolute Gasteiger partial charge is 0.478 e. The normalized spacial score (nSPS) is 12.2. The van der Waals surface area contributed by atoms with Crippen LogP contribution < -0.4 is 16.0 Å². The Balaban J connectivity index is 1.99. The maximum atomic E-state index is 13.0. The van der Waals surface area contributed by atoms with E-state index in [0.29, 0.717) is 29.0 Å². The van der Waals surface area contributed by atoms with Crippen LogP contribution >= 0.6 is 0 Å². The smallest absolute Gasteiger partial charge is 0.336 e. The molecular weight excluding hydrogens is 490 g/mol. The predicted octanol–water partition coefficient (Wildman–Crippen LogP) is 6.65. The van der Waals surface area contributed by atoms with Gasteiger partial charge in [0, 0.05) is 60.0 Å². The highest BCUT2D eigenvalue weighted by Gasteiger charge is 2.24. The maximum absolute atomic E-state index is 13.0. The average molecular weight is 528 g/mol. The van der Waals surface area contributed by atoms with Crippen molar-refractivity contribution in [3.63, 3.8) is 0 Å². The molecule has 1 heterocycles. The second-order valence-corrected chi connectivity index (χ2v) is 10.8. The average Bonchev–Trinajstić information content (AvgIpc) is 2.91. The van der Waals surface area contributed by atoms with E-state index in [1.165, 1.54) is 6.07 Å². The zero-order valence-electron chi connectivity index (χ0n) is 23.8. The summed E-state index contributed by atoms with van der Waals surface area (Å²) < 4.78 is 6.37. The van der Waals surface area contributed by atoms with Crippen LogP contribution in [0.4, 0.5) is 5.69 Å². The SMILES string of the molecule is CCNc1cc2oc3cc(=NC)c(C)cc-3c(-c3ccc(C(=O)NCC(C)(C)CC)cc3C(=O)O)c2cc1C. The summed E-state index contributed by atoms with van der Waals surface area (Å²) >= 11 is 0. The number of carbonyl (C=O) groups excluding carboxylic acids is 1. The molecule has 204 valence electrons. The zero-order chi connectivity index (χ0) is 28.5. The summed E-state index contributed by atoms with van der Waals surface area (Å²) in [4.78, 5) is 29.9. The van der Waals surface area contributed by atoms with Crippen LogP contribution in [-0.2, 0) is 0 Å². The Morgan fingerprint density at radius 3 is 2.38 bits per heavy atom. The lowest BCUT2D eigenvalue weighted by atomic mass is 9.88. The Morgan fingerprint density at radius 1 is 1.00 bits per heavy atom. The Morgan fingerprint density at radius 2 is 1.74 bits per heavy atom. The van der Waals surface area contributed by atoms with E-state index in [-0.39, 0.29) is 16.9 Å². The molecule has 3 N–H and O–H groups in total. The van der Waals surface area contributed by atoms with Crippen molar-refractivity contribution >= 4 is 28.5 Å². The molecule has 0 atom stereocenters. The molecule has 2 aliphatic rings. The number of aryl methyl sites for hydroxylation is 2. The van der Waals surface area contributed by atoms with Gasteiger partial charge in [0.15, 0.2) is 0 Å². The van der Waals surface area contributed by atoms with Crippen molar-refractivity contribution in [1.82, 2.24) is 5.32 Å². The molecule has 0 saturated carbocycles. The number of carbonyl (C=O) groups is 2. The molecule has 0 aromatic heterocycles. The van der Waals surface area contributed by atoms with Gasteiger partial charge in [-0.2, -0.15) is 0 Å². The van der Waals surface area contributed by atoms with Gasteiger partial charge in [0.25, 0.3) is 5.91 Å². The van der Waals surface area contributed by atoms with E-state index in [9.17, 15) is 14.7 Å². The molecule has 0 fully saturated rings. The standard InChI is InChI=1S/C32H37N3O4/c1-8-32(5,6)17-35-30(36)20-10-11-21(22(14-20)31(37)38)29-23-12-18(3)25(33-7)15-27(23)39-28-16-26(34-9-2)19(4)13-24(28)29/h10-16,34H,8-9,17H2,1-7H3,(H,35,36)(H,37,38). The van der Waals surface area contributed by atoms with E-state index in [1.807, 2.05) is 45.0 Å². The van der Waals surface area contributed by atoms with Gasteiger partial charge in [-0.05, 0) is 73.6 Å². The van der Waals surface area contributed by atoms with Crippen molar-refractivity contribution < 1.29 is 19.1 Å². The van der Waals surface area contributed by atoms with Gasteiger partial charge in [0.05, 0.1) is 10.9 Å². The second-order valence-electron chi connectivity index (χ2n) is 10.8. The third-order valence-electron chi connectivity index (χ3n) is 7.46. The molecule has 0 saturated heterocycles. The van der Waals surface area contributed by atoms with Gasteiger partial charge in [0.2, 0.25) is 0 Å². The number of aromatic carboxylic acids is 1. The first-order valence-corrected chi connectivity index (χ1v) is 13.3. The molecular formula is C32H37N3O4. The fourth-order valence-corrected chi connectivity index (χ4v) is 4.73. The van der Waals surface area contributed by atoms with Gasteiger partial charge in [0.1, 0.15) is 11.3 Å². The molecule has 0 bridgehead atoms. The highest BCUT2D eigenvalue weighted by molar-refractivity contribution is 6.09. The summed E-state index contributed by atoms with van der Waals surface area (Å²) in [5, 5.41) is 18.2. The fourth-order valence-electron chi connectivity index (χ4n) is 4.73. The monoisotopic (exact) mass is 527 g/mol. The minimum absolute atomic E-state index is 0.0541. The fraction of sp³-hybridized carbons (Fsp3) is 0.344. The molecule has 4 rings (SSSR count). The first-order valence-electron chi connectivity index (χ1n) is 13.3.